The molecule has 1 atom stereocenters. The molecule has 1 unspecified atom stereocenters. The summed E-state index contributed by atoms with van der Waals surface area (Å²) in [5, 5.41) is 0. The molecule has 1 aliphatic rings. The van der Waals surface area contributed by atoms with Gasteiger partial charge >= 0.3 is 5.97 Å². The van der Waals surface area contributed by atoms with Gasteiger partial charge in [0.2, 0.25) is 12.1 Å². The summed E-state index contributed by atoms with van der Waals surface area (Å²) in [7, 11) is 0. The number of carbonyl (C=O) groups excluding carboxylic acids is 1. The van der Waals surface area contributed by atoms with E-state index in [2.05, 4.69) is 0 Å². The second-order valence-electron chi connectivity index (χ2n) is 3.18. The molecule has 0 amide bonds. The first-order chi connectivity index (χ1) is 6.86. The summed E-state index contributed by atoms with van der Waals surface area (Å²) >= 11 is 0. The maximum absolute atomic E-state index is 11.4. The van der Waals surface area contributed by atoms with Crippen LogP contribution in [0.15, 0.2) is 22.8 Å². The van der Waals surface area contributed by atoms with Gasteiger partial charge < -0.3 is 13.9 Å². The zero-order chi connectivity index (χ0) is 9.80. The highest BCUT2D eigenvalue weighted by Gasteiger charge is 2.20. The number of carbonyl (C=O) groups is 1. The molecule has 0 N–H and O–H groups in total. The molecule has 4 heteroatoms. The van der Waals surface area contributed by atoms with Crippen LogP contribution in [-0.4, -0.2) is 18.9 Å². The van der Waals surface area contributed by atoms with Crippen LogP contribution in [0.1, 0.15) is 29.8 Å². The van der Waals surface area contributed by atoms with Crippen LogP contribution in [0.3, 0.4) is 0 Å². The highest BCUT2D eigenvalue weighted by atomic mass is 16.7. The van der Waals surface area contributed by atoms with Gasteiger partial charge in [-0.25, -0.2) is 4.79 Å². The number of hydrogen-bond donors (Lipinski definition) is 0. The first-order valence-corrected chi connectivity index (χ1v) is 4.72. The molecule has 76 valence electrons. The lowest BCUT2D eigenvalue weighted by Crippen LogP contribution is -2.25. The van der Waals surface area contributed by atoms with Crippen LogP contribution in [0.5, 0.6) is 0 Å². The van der Waals surface area contributed by atoms with Crippen molar-refractivity contribution in [3.8, 4) is 0 Å². The van der Waals surface area contributed by atoms with Crippen LogP contribution in [0.4, 0.5) is 0 Å². The molecule has 0 aliphatic carbocycles. The zero-order valence-electron chi connectivity index (χ0n) is 7.77. The van der Waals surface area contributed by atoms with Gasteiger partial charge in [0, 0.05) is 6.42 Å². The quantitative estimate of drug-likeness (QED) is 0.678. The largest absolute Gasteiger partial charge is 0.457 e. The van der Waals surface area contributed by atoms with Gasteiger partial charge in [-0.15, -0.1) is 0 Å². The number of furan rings is 1. The van der Waals surface area contributed by atoms with Crippen molar-refractivity contribution >= 4 is 5.97 Å². The van der Waals surface area contributed by atoms with E-state index in [1.54, 1.807) is 12.1 Å². The molecule has 1 saturated heterocycles. The van der Waals surface area contributed by atoms with E-state index in [9.17, 15) is 4.79 Å². The van der Waals surface area contributed by atoms with Crippen molar-refractivity contribution in [2.24, 2.45) is 0 Å². The summed E-state index contributed by atoms with van der Waals surface area (Å²) in [6.07, 6.45) is 3.89. The summed E-state index contributed by atoms with van der Waals surface area (Å²) in [5.74, 6) is -0.235. The molecule has 4 nitrogen and oxygen atoms in total. The van der Waals surface area contributed by atoms with Crippen LogP contribution in [0.2, 0.25) is 0 Å². The summed E-state index contributed by atoms with van der Waals surface area (Å²) < 4.78 is 15.2. The molecule has 2 rings (SSSR count). The molecular weight excluding hydrogens is 184 g/mol. The standard InChI is InChI=1S/C10H12O4/c11-10(8-4-3-7-12-8)14-9-5-1-2-6-13-9/h3-4,7,9H,1-2,5-6H2. The van der Waals surface area contributed by atoms with E-state index < -0.39 is 12.3 Å². The normalized spacial score (nSPS) is 21.9. The number of esters is 1. The third kappa shape index (κ3) is 2.14. The molecule has 0 radical (unpaired) electrons. The Kier molecular flexibility index (Phi) is 2.84. The molecule has 14 heavy (non-hydrogen) atoms. The summed E-state index contributed by atoms with van der Waals surface area (Å²) in [4.78, 5) is 11.4. The Hall–Kier alpha value is -1.29. The molecule has 0 saturated carbocycles. The van der Waals surface area contributed by atoms with Crippen LogP contribution < -0.4 is 0 Å². The molecule has 2 heterocycles. The van der Waals surface area contributed by atoms with Crippen molar-refractivity contribution < 1.29 is 18.7 Å². The lowest BCUT2D eigenvalue weighted by molar-refractivity contribution is -0.131. The van der Waals surface area contributed by atoms with Crippen molar-refractivity contribution in [1.82, 2.24) is 0 Å². The number of ether oxygens (including phenoxy) is 2. The summed E-state index contributed by atoms with van der Waals surface area (Å²) in [6.45, 7) is 0.663. The van der Waals surface area contributed by atoms with Gasteiger partial charge in [-0.1, -0.05) is 0 Å². The van der Waals surface area contributed by atoms with E-state index in [-0.39, 0.29) is 5.76 Å². The van der Waals surface area contributed by atoms with Crippen LogP contribution >= 0.6 is 0 Å². The predicted octanol–water partition coefficient (Wildman–Crippen LogP) is 1.96. The molecule has 1 aromatic rings. The minimum atomic E-state index is -0.457. The van der Waals surface area contributed by atoms with E-state index in [1.165, 1.54) is 6.26 Å². The maximum Gasteiger partial charge on any atom is 0.376 e. The number of rotatable bonds is 2. The second kappa shape index (κ2) is 4.28. The van der Waals surface area contributed by atoms with E-state index in [0.717, 1.165) is 19.3 Å². The Bertz CT molecular complexity index is 285. The Balaban J connectivity index is 1.87. The van der Waals surface area contributed by atoms with E-state index in [1.807, 2.05) is 0 Å². The van der Waals surface area contributed by atoms with Crippen LogP contribution in [-0.2, 0) is 9.47 Å². The maximum atomic E-state index is 11.4. The van der Waals surface area contributed by atoms with Crippen molar-refractivity contribution in [2.45, 2.75) is 25.6 Å². The molecule has 0 bridgehead atoms. The molecular formula is C10H12O4. The molecule has 1 aromatic heterocycles. The van der Waals surface area contributed by atoms with Gasteiger partial charge in [0.05, 0.1) is 12.9 Å². The van der Waals surface area contributed by atoms with Crippen LogP contribution in [0, 0.1) is 0 Å². The lowest BCUT2D eigenvalue weighted by Gasteiger charge is -2.21. The SMILES string of the molecule is O=C(OC1CCCCO1)c1ccco1. The summed E-state index contributed by atoms with van der Waals surface area (Å²) in [6, 6.07) is 3.23. The van der Waals surface area contributed by atoms with Gasteiger partial charge in [-0.3, -0.25) is 0 Å². The van der Waals surface area contributed by atoms with Gasteiger partial charge in [-0.2, -0.15) is 0 Å². The Morgan fingerprint density at radius 2 is 2.43 bits per heavy atom. The zero-order valence-corrected chi connectivity index (χ0v) is 7.77. The summed E-state index contributed by atoms with van der Waals surface area (Å²) in [5.41, 5.74) is 0. The Labute approximate surface area is 81.8 Å². The van der Waals surface area contributed by atoms with Crippen molar-refractivity contribution in [3.05, 3.63) is 24.2 Å². The average molecular weight is 196 g/mol. The van der Waals surface area contributed by atoms with Gasteiger partial charge in [0.1, 0.15) is 0 Å². The van der Waals surface area contributed by atoms with Crippen molar-refractivity contribution in [2.75, 3.05) is 6.61 Å². The highest BCUT2D eigenvalue weighted by molar-refractivity contribution is 5.86. The minimum Gasteiger partial charge on any atom is -0.457 e. The fourth-order valence-corrected chi connectivity index (χ4v) is 1.38. The molecule has 0 spiro atoms. The van der Waals surface area contributed by atoms with E-state index in [4.69, 9.17) is 13.9 Å². The monoisotopic (exact) mass is 196 g/mol. The third-order valence-electron chi connectivity index (χ3n) is 2.10. The van der Waals surface area contributed by atoms with Gasteiger partial charge in [0.25, 0.3) is 0 Å². The number of hydrogen-bond acceptors (Lipinski definition) is 4. The van der Waals surface area contributed by atoms with Gasteiger partial charge in [-0.05, 0) is 25.0 Å². The smallest absolute Gasteiger partial charge is 0.376 e. The minimum absolute atomic E-state index is 0.221. The third-order valence-corrected chi connectivity index (χ3v) is 2.10. The highest BCUT2D eigenvalue weighted by Crippen LogP contribution is 2.15. The van der Waals surface area contributed by atoms with Crippen molar-refractivity contribution in [3.63, 3.8) is 0 Å². The first kappa shape index (κ1) is 9.27. The average Bonchev–Trinajstić information content (AvgIpc) is 2.72. The first-order valence-electron chi connectivity index (χ1n) is 4.72. The molecule has 0 aromatic carbocycles. The predicted molar refractivity (Wildman–Crippen MR) is 47.7 cm³/mol. The van der Waals surface area contributed by atoms with E-state index >= 15 is 0 Å². The lowest BCUT2D eigenvalue weighted by atomic mass is 10.2. The van der Waals surface area contributed by atoms with E-state index in [0.29, 0.717) is 6.61 Å². The van der Waals surface area contributed by atoms with Gasteiger partial charge in [0.15, 0.2) is 0 Å². The molecule has 1 aliphatic heterocycles. The Morgan fingerprint density at radius 3 is 3.07 bits per heavy atom. The fraction of sp³-hybridized carbons (Fsp3) is 0.500. The molecule has 1 fully saturated rings. The Morgan fingerprint density at radius 1 is 1.50 bits per heavy atom. The van der Waals surface area contributed by atoms with Crippen molar-refractivity contribution in [1.29, 1.82) is 0 Å². The topological polar surface area (TPSA) is 48.7 Å². The second-order valence-corrected chi connectivity index (χ2v) is 3.18. The van der Waals surface area contributed by atoms with Crippen LogP contribution in [0.25, 0.3) is 0 Å². The fourth-order valence-electron chi connectivity index (χ4n) is 1.38.